The van der Waals surface area contributed by atoms with Gasteiger partial charge in [-0.3, -0.25) is 11.3 Å². The minimum Gasteiger partial charge on any atom is -0.469 e. The molecule has 1 heterocycles. The predicted molar refractivity (Wildman–Crippen MR) is 63.6 cm³/mol. The van der Waals surface area contributed by atoms with Gasteiger partial charge in [0.15, 0.2) is 0 Å². The fourth-order valence-electron chi connectivity index (χ4n) is 1.95. The number of halogens is 2. The van der Waals surface area contributed by atoms with Crippen LogP contribution in [0.15, 0.2) is 34.9 Å². The van der Waals surface area contributed by atoms with Gasteiger partial charge in [-0.05, 0) is 31.5 Å². The Morgan fingerprint density at radius 2 is 1.94 bits per heavy atom. The molecule has 96 valence electrons. The zero-order valence-electron chi connectivity index (χ0n) is 9.91. The standard InChI is InChI=1S/C13H14F2N2O/c1-8-9(5-6-18-8)13(17-16)7-10-11(14)3-2-4-12(10)15/h2-6,13,17H,7,16H2,1H3. The number of hydrogen-bond acceptors (Lipinski definition) is 3. The quantitative estimate of drug-likeness (QED) is 0.649. The summed E-state index contributed by atoms with van der Waals surface area (Å²) in [4.78, 5) is 0. The minimum atomic E-state index is -0.573. The predicted octanol–water partition coefficient (Wildman–Crippen LogP) is 2.61. The van der Waals surface area contributed by atoms with Crippen LogP contribution in [-0.4, -0.2) is 0 Å². The zero-order valence-corrected chi connectivity index (χ0v) is 9.91. The number of hydrogen-bond donors (Lipinski definition) is 2. The van der Waals surface area contributed by atoms with Crippen LogP contribution in [0.3, 0.4) is 0 Å². The second-order valence-electron chi connectivity index (χ2n) is 4.06. The van der Waals surface area contributed by atoms with Crippen LogP contribution in [0, 0.1) is 18.6 Å². The van der Waals surface area contributed by atoms with E-state index < -0.39 is 17.7 Å². The van der Waals surface area contributed by atoms with Crippen molar-refractivity contribution in [2.24, 2.45) is 5.84 Å². The van der Waals surface area contributed by atoms with Crippen LogP contribution in [0.5, 0.6) is 0 Å². The van der Waals surface area contributed by atoms with E-state index in [9.17, 15) is 8.78 Å². The maximum Gasteiger partial charge on any atom is 0.129 e. The highest BCUT2D eigenvalue weighted by Crippen LogP contribution is 2.24. The summed E-state index contributed by atoms with van der Waals surface area (Å²) in [6.07, 6.45) is 1.64. The molecule has 0 saturated carbocycles. The summed E-state index contributed by atoms with van der Waals surface area (Å²) in [5, 5.41) is 0. The van der Waals surface area contributed by atoms with Gasteiger partial charge in [-0.25, -0.2) is 8.78 Å². The topological polar surface area (TPSA) is 51.2 Å². The third kappa shape index (κ3) is 2.42. The molecule has 1 aromatic heterocycles. The average molecular weight is 252 g/mol. The van der Waals surface area contributed by atoms with E-state index in [-0.39, 0.29) is 12.0 Å². The van der Waals surface area contributed by atoms with Gasteiger partial charge in [0.2, 0.25) is 0 Å². The van der Waals surface area contributed by atoms with Gasteiger partial charge < -0.3 is 4.42 Å². The van der Waals surface area contributed by atoms with Crippen LogP contribution >= 0.6 is 0 Å². The Bertz CT molecular complexity index is 519. The highest BCUT2D eigenvalue weighted by atomic mass is 19.1. The molecule has 1 aromatic carbocycles. The van der Waals surface area contributed by atoms with Gasteiger partial charge >= 0.3 is 0 Å². The molecule has 0 aliphatic rings. The molecule has 0 fully saturated rings. The Morgan fingerprint density at radius 3 is 2.44 bits per heavy atom. The molecule has 0 spiro atoms. The van der Waals surface area contributed by atoms with E-state index >= 15 is 0 Å². The molecule has 0 aliphatic heterocycles. The van der Waals surface area contributed by atoms with Crippen molar-refractivity contribution in [2.75, 3.05) is 0 Å². The molecule has 0 radical (unpaired) electrons. The van der Waals surface area contributed by atoms with E-state index in [1.807, 2.05) is 0 Å². The van der Waals surface area contributed by atoms with Crippen molar-refractivity contribution >= 4 is 0 Å². The largest absolute Gasteiger partial charge is 0.469 e. The van der Waals surface area contributed by atoms with Gasteiger partial charge in [0.05, 0.1) is 12.3 Å². The molecular formula is C13H14F2N2O. The van der Waals surface area contributed by atoms with Crippen molar-refractivity contribution in [3.05, 3.63) is 59.1 Å². The van der Waals surface area contributed by atoms with Gasteiger partial charge in [-0.15, -0.1) is 0 Å². The fourth-order valence-corrected chi connectivity index (χ4v) is 1.95. The molecule has 0 saturated heterocycles. The molecule has 0 amide bonds. The zero-order chi connectivity index (χ0) is 13.1. The van der Waals surface area contributed by atoms with Crippen LogP contribution in [-0.2, 0) is 6.42 Å². The molecule has 3 N–H and O–H groups in total. The molecular weight excluding hydrogens is 238 g/mol. The Morgan fingerprint density at radius 1 is 1.28 bits per heavy atom. The SMILES string of the molecule is Cc1occc1C(Cc1c(F)cccc1F)NN. The van der Waals surface area contributed by atoms with Gasteiger partial charge in [-0.2, -0.15) is 0 Å². The lowest BCUT2D eigenvalue weighted by atomic mass is 9.99. The lowest BCUT2D eigenvalue weighted by Crippen LogP contribution is -2.30. The smallest absolute Gasteiger partial charge is 0.129 e. The van der Waals surface area contributed by atoms with E-state index in [1.54, 1.807) is 13.0 Å². The van der Waals surface area contributed by atoms with E-state index in [0.717, 1.165) is 5.56 Å². The van der Waals surface area contributed by atoms with E-state index in [0.29, 0.717) is 5.76 Å². The fraction of sp³-hybridized carbons (Fsp3) is 0.231. The van der Waals surface area contributed by atoms with E-state index in [2.05, 4.69) is 5.43 Å². The molecule has 5 heteroatoms. The van der Waals surface area contributed by atoms with Crippen molar-refractivity contribution < 1.29 is 13.2 Å². The molecule has 0 aliphatic carbocycles. The lowest BCUT2D eigenvalue weighted by molar-refractivity contribution is 0.481. The second-order valence-corrected chi connectivity index (χ2v) is 4.06. The van der Waals surface area contributed by atoms with Gasteiger partial charge in [0.25, 0.3) is 0 Å². The Balaban J connectivity index is 2.29. The molecule has 2 rings (SSSR count). The Labute approximate surface area is 104 Å². The molecule has 1 atom stereocenters. The molecule has 0 bridgehead atoms. The number of nitrogens with one attached hydrogen (secondary N) is 1. The summed E-state index contributed by atoms with van der Waals surface area (Å²) in [5.74, 6) is 4.97. The summed E-state index contributed by atoms with van der Waals surface area (Å²) in [5.41, 5.74) is 3.36. The number of furan rings is 1. The summed E-state index contributed by atoms with van der Waals surface area (Å²) in [7, 11) is 0. The van der Waals surface area contributed by atoms with Crippen LogP contribution < -0.4 is 11.3 Å². The second kappa shape index (κ2) is 5.29. The molecule has 1 unspecified atom stereocenters. The first kappa shape index (κ1) is 12.7. The van der Waals surface area contributed by atoms with Crippen LogP contribution in [0.25, 0.3) is 0 Å². The summed E-state index contributed by atoms with van der Waals surface area (Å²) >= 11 is 0. The molecule has 2 aromatic rings. The van der Waals surface area contributed by atoms with Crippen LogP contribution in [0.1, 0.15) is 22.9 Å². The summed E-state index contributed by atoms with van der Waals surface area (Å²) in [6, 6.07) is 5.14. The minimum absolute atomic E-state index is 0.0149. The van der Waals surface area contributed by atoms with Crippen molar-refractivity contribution in [3.63, 3.8) is 0 Å². The third-order valence-corrected chi connectivity index (χ3v) is 2.95. The average Bonchev–Trinajstić information content (AvgIpc) is 2.76. The number of nitrogens with two attached hydrogens (primary N) is 1. The highest BCUT2D eigenvalue weighted by Gasteiger charge is 2.19. The van der Waals surface area contributed by atoms with E-state index in [4.69, 9.17) is 10.3 Å². The van der Waals surface area contributed by atoms with Crippen molar-refractivity contribution in [3.8, 4) is 0 Å². The maximum absolute atomic E-state index is 13.6. The highest BCUT2D eigenvalue weighted by molar-refractivity contribution is 5.26. The lowest BCUT2D eigenvalue weighted by Gasteiger charge is -2.16. The Hall–Kier alpha value is -1.72. The Kier molecular flexibility index (Phi) is 3.74. The van der Waals surface area contributed by atoms with Gasteiger partial charge in [-0.1, -0.05) is 6.07 Å². The van der Waals surface area contributed by atoms with E-state index in [1.165, 1.54) is 24.5 Å². The number of rotatable bonds is 4. The first-order valence-corrected chi connectivity index (χ1v) is 5.56. The van der Waals surface area contributed by atoms with Crippen molar-refractivity contribution in [2.45, 2.75) is 19.4 Å². The van der Waals surface area contributed by atoms with Crippen LogP contribution in [0.4, 0.5) is 8.78 Å². The third-order valence-electron chi connectivity index (χ3n) is 2.95. The van der Waals surface area contributed by atoms with Crippen molar-refractivity contribution in [1.82, 2.24) is 5.43 Å². The monoisotopic (exact) mass is 252 g/mol. The van der Waals surface area contributed by atoms with Crippen LogP contribution in [0.2, 0.25) is 0 Å². The van der Waals surface area contributed by atoms with Gasteiger partial charge in [0, 0.05) is 11.1 Å². The molecule has 18 heavy (non-hydrogen) atoms. The molecule has 3 nitrogen and oxygen atoms in total. The first-order valence-electron chi connectivity index (χ1n) is 5.56. The number of hydrazine groups is 1. The normalized spacial score (nSPS) is 12.7. The van der Waals surface area contributed by atoms with Crippen molar-refractivity contribution in [1.29, 1.82) is 0 Å². The summed E-state index contributed by atoms with van der Waals surface area (Å²) < 4.78 is 32.3. The van der Waals surface area contributed by atoms with Gasteiger partial charge in [0.1, 0.15) is 17.4 Å². The summed E-state index contributed by atoms with van der Waals surface area (Å²) in [6.45, 7) is 1.78. The number of aryl methyl sites for hydroxylation is 1. The first-order chi connectivity index (χ1) is 8.63. The number of benzene rings is 1. The maximum atomic E-state index is 13.6.